The molecule has 9 heteroatoms. The minimum Gasteiger partial charge on any atom is -0.279 e. The van der Waals surface area contributed by atoms with Gasteiger partial charge >= 0.3 is 0 Å². The van der Waals surface area contributed by atoms with Crippen molar-refractivity contribution >= 4 is 41.7 Å². The van der Waals surface area contributed by atoms with Crippen LogP contribution in [0, 0.1) is 6.92 Å². The van der Waals surface area contributed by atoms with Gasteiger partial charge in [-0.05, 0) is 55.0 Å². The van der Waals surface area contributed by atoms with Gasteiger partial charge in [-0.15, -0.1) is 0 Å². The quantitative estimate of drug-likeness (QED) is 0.683. The summed E-state index contributed by atoms with van der Waals surface area (Å²) in [6.07, 6.45) is 0. The van der Waals surface area contributed by atoms with Gasteiger partial charge in [-0.1, -0.05) is 29.8 Å². The fraction of sp³-hybridized carbons (Fsp3) is 0.294. The molecule has 0 amide bonds. The molecule has 26 heavy (non-hydrogen) atoms. The van der Waals surface area contributed by atoms with E-state index in [1.54, 1.807) is 39.0 Å². The Morgan fingerprint density at radius 1 is 0.923 bits per heavy atom. The summed E-state index contributed by atoms with van der Waals surface area (Å²) in [5, 5.41) is 0. The zero-order valence-electron chi connectivity index (χ0n) is 14.7. The van der Waals surface area contributed by atoms with Crippen LogP contribution in [-0.4, -0.2) is 34.2 Å². The third kappa shape index (κ3) is 4.46. The highest BCUT2D eigenvalue weighted by Crippen LogP contribution is 2.24. The van der Waals surface area contributed by atoms with Gasteiger partial charge in [0.15, 0.2) is 0 Å². The number of sulfonamides is 2. The van der Waals surface area contributed by atoms with Crippen molar-refractivity contribution in [3.05, 3.63) is 52.5 Å². The largest absolute Gasteiger partial charge is 0.279 e. The lowest BCUT2D eigenvalue weighted by atomic mass is 10.2. The van der Waals surface area contributed by atoms with Crippen LogP contribution in [0.3, 0.4) is 0 Å². The lowest BCUT2D eigenvalue weighted by Crippen LogP contribution is -2.30. The second kappa shape index (κ2) is 8.08. The molecule has 0 heterocycles. The van der Waals surface area contributed by atoms with Crippen molar-refractivity contribution in [1.29, 1.82) is 0 Å². The van der Waals surface area contributed by atoms with Gasteiger partial charge in [-0.25, -0.2) is 16.8 Å². The molecule has 0 fully saturated rings. The maximum atomic E-state index is 12.6. The minimum atomic E-state index is -3.82. The van der Waals surface area contributed by atoms with Gasteiger partial charge in [0.25, 0.3) is 10.0 Å². The molecule has 0 bridgehead atoms. The fourth-order valence-electron chi connectivity index (χ4n) is 2.45. The molecular weight excluding hydrogens is 440 g/mol. The lowest BCUT2D eigenvalue weighted by Gasteiger charge is -2.18. The number of nitrogens with one attached hydrogen (secondary N) is 1. The number of nitrogens with zero attached hydrogens (tertiary/aromatic N) is 1. The van der Waals surface area contributed by atoms with E-state index < -0.39 is 20.0 Å². The third-order valence-corrected chi connectivity index (χ3v) is 7.85. The average Bonchev–Trinajstić information content (AvgIpc) is 2.58. The monoisotopic (exact) mass is 460 g/mol. The molecule has 2 rings (SSSR count). The van der Waals surface area contributed by atoms with Gasteiger partial charge < -0.3 is 0 Å². The zero-order chi connectivity index (χ0) is 19.5. The summed E-state index contributed by atoms with van der Waals surface area (Å²) < 4.78 is 54.8. The standard InChI is InChI=1S/C17H21BrN2O4S2/c1-4-20(5-2)26(23,24)16-9-7-15(8-10-16)25(21,22)19-17-11-6-14(18)12-13(17)3/h6-12,19H,4-5H2,1-3H3. The summed E-state index contributed by atoms with van der Waals surface area (Å²) in [4.78, 5) is 0.0679. The molecule has 0 aromatic heterocycles. The van der Waals surface area contributed by atoms with Crippen LogP contribution in [0.5, 0.6) is 0 Å². The molecule has 0 spiro atoms. The van der Waals surface area contributed by atoms with E-state index in [0.29, 0.717) is 18.8 Å². The van der Waals surface area contributed by atoms with Crippen LogP contribution in [-0.2, 0) is 20.0 Å². The van der Waals surface area contributed by atoms with E-state index in [2.05, 4.69) is 20.7 Å². The van der Waals surface area contributed by atoms with Crippen LogP contribution < -0.4 is 4.72 Å². The van der Waals surface area contributed by atoms with Crippen LogP contribution in [0.2, 0.25) is 0 Å². The predicted octanol–water partition coefficient (Wildman–Crippen LogP) is 3.59. The molecule has 2 aromatic rings. The first-order valence-corrected chi connectivity index (χ1v) is 11.7. The second-order valence-corrected chi connectivity index (χ2v) is 10.2. The smallest absolute Gasteiger partial charge is 0.261 e. The Morgan fingerprint density at radius 2 is 1.46 bits per heavy atom. The van der Waals surface area contributed by atoms with Crippen molar-refractivity contribution in [1.82, 2.24) is 4.31 Å². The highest BCUT2D eigenvalue weighted by atomic mass is 79.9. The number of aryl methyl sites for hydroxylation is 1. The summed E-state index contributed by atoms with van der Waals surface area (Å²) >= 11 is 3.33. The Hall–Kier alpha value is -1.42. The maximum Gasteiger partial charge on any atom is 0.261 e. The van der Waals surface area contributed by atoms with Crippen LogP contribution in [0.1, 0.15) is 19.4 Å². The van der Waals surface area contributed by atoms with Crippen LogP contribution in [0.15, 0.2) is 56.7 Å². The molecule has 0 aliphatic heterocycles. The average molecular weight is 461 g/mol. The van der Waals surface area contributed by atoms with E-state index in [9.17, 15) is 16.8 Å². The highest BCUT2D eigenvalue weighted by Gasteiger charge is 2.23. The van der Waals surface area contributed by atoms with Crippen molar-refractivity contribution in [3.8, 4) is 0 Å². The zero-order valence-corrected chi connectivity index (χ0v) is 17.9. The van der Waals surface area contributed by atoms with Crippen molar-refractivity contribution in [3.63, 3.8) is 0 Å². The Bertz CT molecular complexity index is 984. The maximum absolute atomic E-state index is 12.6. The van der Waals surface area contributed by atoms with Crippen molar-refractivity contribution in [2.75, 3.05) is 17.8 Å². The number of anilines is 1. The molecule has 0 radical (unpaired) electrons. The SMILES string of the molecule is CCN(CC)S(=O)(=O)c1ccc(S(=O)(=O)Nc2ccc(Br)cc2C)cc1. The molecule has 0 aliphatic carbocycles. The fourth-order valence-corrected chi connectivity index (χ4v) is 5.51. The summed E-state index contributed by atoms with van der Waals surface area (Å²) in [5.41, 5.74) is 1.23. The molecule has 0 unspecified atom stereocenters. The number of halogens is 1. The first-order chi connectivity index (χ1) is 12.1. The highest BCUT2D eigenvalue weighted by molar-refractivity contribution is 9.10. The summed E-state index contributed by atoms with van der Waals surface area (Å²) in [7, 11) is -7.44. The molecular formula is C17H21BrN2O4S2. The predicted molar refractivity (Wildman–Crippen MR) is 106 cm³/mol. The molecule has 142 valence electrons. The van der Waals surface area contributed by atoms with Gasteiger partial charge in [-0.2, -0.15) is 4.31 Å². The van der Waals surface area contributed by atoms with Crippen molar-refractivity contribution in [2.45, 2.75) is 30.6 Å². The Morgan fingerprint density at radius 3 is 1.96 bits per heavy atom. The molecule has 0 saturated carbocycles. The first kappa shape index (κ1) is 20.9. The lowest BCUT2D eigenvalue weighted by molar-refractivity contribution is 0.445. The Labute approximate surface area is 163 Å². The summed E-state index contributed by atoms with van der Waals surface area (Å²) in [5.74, 6) is 0. The second-order valence-electron chi connectivity index (χ2n) is 5.63. The molecule has 2 aromatic carbocycles. The Kier molecular flexibility index (Phi) is 6.49. The van der Waals surface area contributed by atoms with E-state index in [4.69, 9.17) is 0 Å². The minimum absolute atomic E-state index is 0.00156. The van der Waals surface area contributed by atoms with E-state index >= 15 is 0 Å². The molecule has 0 atom stereocenters. The summed E-state index contributed by atoms with van der Waals surface area (Å²) in [6.45, 7) is 6.00. The van der Waals surface area contributed by atoms with E-state index in [1.807, 2.05) is 0 Å². The van der Waals surface area contributed by atoms with Crippen LogP contribution in [0.25, 0.3) is 0 Å². The van der Waals surface area contributed by atoms with Gasteiger partial charge in [0.05, 0.1) is 15.5 Å². The van der Waals surface area contributed by atoms with Crippen molar-refractivity contribution in [2.24, 2.45) is 0 Å². The topological polar surface area (TPSA) is 83.6 Å². The van der Waals surface area contributed by atoms with Crippen LogP contribution in [0.4, 0.5) is 5.69 Å². The molecule has 0 aliphatic rings. The number of benzene rings is 2. The molecule has 0 saturated heterocycles. The van der Waals surface area contributed by atoms with E-state index in [1.165, 1.54) is 28.6 Å². The van der Waals surface area contributed by atoms with E-state index in [-0.39, 0.29) is 9.79 Å². The normalized spacial score (nSPS) is 12.3. The van der Waals surface area contributed by atoms with E-state index in [0.717, 1.165) is 10.0 Å². The van der Waals surface area contributed by atoms with Gasteiger partial charge in [0, 0.05) is 17.6 Å². The first-order valence-electron chi connectivity index (χ1n) is 8.01. The summed E-state index contributed by atoms with van der Waals surface area (Å²) in [6, 6.07) is 10.4. The van der Waals surface area contributed by atoms with Gasteiger partial charge in [0.2, 0.25) is 10.0 Å². The molecule has 6 nitrogen and oxygen atoms in total. The number of rotatable bonds is 7. The number of hydrogen-bond donors (Lipinski definition) is 1. The van der Waals surface area contributed by atoms with Gasteiger partial charge in [0.1, 0.15) is 0 Å². The van der Waals surface area contributed by atoms with Gasteiger partial charge in [-0.3, -0.25) is 4.72 Å². The third-order valence-electron chi connectivity index (χ3n) is 3.91. The molecule has 1 N–H and O–H groups in total. The number of hydrogen-bond acceptors (Lipinski definition) is 4. The van der Waals surface area contributed by atoms with Crippen LogP contribution >= 0.6 is 15.9 Å². The van der Waals surface area contributed by atoms with Crippen molar-refractivity contribution < 1.29 is 16.8 Å². The Balaban J connectivity index is 2.32.